The van der Waals surface area contributed by atoms with E-state index in [1.165, 1.54) is 14.2 Å². The summed E-state index contributed by atoms with van der Waals surface area (Å²) < 4.78 is 11.9. The summed E-state index contributed by atoms with van der Waals surface area (Å²) in [7, 11) is 6.47. The van der Waals surface area contributed by atoms with Crippen molar-refractivity contribution in [2.45, 2.75) is 136 Å². The highest BCUT2D eigenvalue weighted by atomic mass is 16.5. The Bertz CT molecular complexity index is 1340. The number of hydrogen-bond donors (Lipinski definition) is 4. The first kappa shape index (κ1) is 45.6. The number of carboxylic acid groups (broad SMARTS) is 1. The van der Waals surface area contributed by atoms with Crippen LogP contribution >= 0.6 is 0 Å². The lowest BCUT2D eigenvalue weighted by atomic mass is 9.89. The molecule has 0 radical (unpaired) electrons. The largest absolute Gasteiger partial charge is 0.480 e. The molecule has 0 saturated carbocycles. The molecular weight excluding hydrogens is 678 g/mol. The van der Waals surface area contributed by atoms with E-state index >= 15 is 0 Å². The molecule has 1 aliphatic rings. The predicted molar refractivity (Wildman–Crippen MR) is 205 cm³/mol. The van der Waals surface area contributed by atoms with E-state index in [-0.39, 0.29) is 54.4 Å². The van der Waals surface area contributed by atoms with Crippen molar-refractivity contribution in [2.24, 2.45) is 23.7 Å². The summed E-state index contributed by atoms with van der Waals surface area (Å²) in [5.74, 6) is -3.30. The molecule has 10 atom stereocenters. The van der Waals surface area contributed by atoms with Crippen LogP contribution in [0, 0.1) is 23.7 Å². The third-order valence-electron chi connectivity index (χ3n) is 11.0. The molecule has 0 bridgehead atoms. The Morgan fingerprint density at radius 2 is 1.51 bits per heavy atom. The summed E-state index contributed by atoms with van der Waals surface area (Å²) in [5.41, 5.74) is 0.784. The van der Waals surface area contributed by atoms with Crippen molar-refractivity contribution >= 4 is 29.6 Å². The zero-order chi connectivity index (χ0) is 40.2. The van der Waals surface area contributed by atoms with Crippen molar-refractivity contribution < 1.29 is 38.6 Å². The van der Waals surface area contributed by atoms with Crippen LogP contribution in [0.15, 0.2) is 30.3 Å². The number of rotatable bonds is 21. The first-order chi connectivity index (χ1) is 24.9. The number of amides is 4. The van der Waals surface area contributed by atoms with E-state index in [1.807, 2.05) is 78.8 Å². The second-order valence-corrected chi connectivity index (χ2v) is 15.4. The Morgan fingerprint density at radius 1 is 0.906 bits per heavy atom. The molecule has 4 amide bonds. The average molecular weight is 746 g/mol. The number of benzene rings is 1. The molecule has 1 fully saturated rings. The Hall–Kier alpha value is -3.55. The van der Waals surface area contributed by atoms with Crippen molar-refractivity contribution in [1.82, 2.24) is 25.8 Å². The summed E-state index contributed by atoms with van der Waals surface area (Å²) in [5, 5.41) is 18.6. The van der Waals surface area contributed by atoms with Crippen LogP contribution in [-0.4, -0.2) is 121 Å². The third-order valence-corrected chi connectivity index (χ3v) is 11.0. The van der Waals surface area contributed by atoms with E-state index in [0.717, 1.165) is 5.56 Å². The van der Waals surface area contributed by atoms with Crippen LogP contribution < -0.4 is 16.0 Å². The average Bonchev–Trinajstić information content (AvgIpc) is 3.50. The molecule has 2 rings (SSSR count). The lowest BCUT2D eigenvalue weighted by Gasteiger charge is -2.41. The topological polar surface area (TPSA) is 167 Å². The number of ether oxygens (including phenoxy) is 2. The highest BCUT2D eigenvalue weighted by molar-refractivity contribution is 5.90. The highest BCUT2D eigenvalue weighted by Gasteiger charge is 2.45. The maximum atomic E-state index is 14.3. The van der Waals surface area contributed by atoms with Crippen LogP contribution in [0.25, 0.3) is 0 Å². The number of carbonyl (C=O) groups excluding carboxylic acids is 4. The van der Waals surface area contributed by atoms with Gasteiger partial charge in [-0.1, -0.05) is 85.2 Å². The van der Waals surface area contributed by atoms with Gasteiger partial charge in [-0.2, -0.15) is 0 Å². The zero-order valence-corrected chi connectivity index (χ0v) is 34.0. The first-order valence-electron chi connectivity index (χ1n) is 19.1. The Labute approximate surface area is 317 Å². The number of nitrogens with one attached hydrogen (secondary N) is 3. The number of hydrogen-bond acceptors (Lipinski definition) is 8. The van der Waals surface area contributed by atoms with Gasteiger partial charge in [-0.25, -0.2) is 4.79 Å². The number of carboxylic acids is 1. The van der Waals surface area contributed by atoms with Gasteiger partial charge in [-0.05, 0) is 50.1 Å². The maximum Gasteiger partial charge on any atom is 0.326 e. The molecule has 0 spiro atoms. The standard InChI is InChI=1S/C40H67N5O8/c1-13-25(6)35(44(10)39(49)34(24(4)5)43-38(48)33(41-9)23(2)3)31(52-11)22-32(46)45-26(7)19-20-30(45)36(53-12)27(8)37(47)42-29(40(50)51)21-28-17-15-14-16-18-28/h14-18,23-27,29-31,33-36,41H,13,19-22H2,1-12H3,(H,42,47)(H,43,48)(H,50,51)/t25-,26-,27+,29-,30-,31+,33-,34-,35-,36+/m0/s1. The van der Waals surface area contributed by atoms with Crippen molar-refractivity contribution in [3.8, 4) is 0 Å². The molecule has 1 aliphatic heterocycles. The molecule has 13 nitrogen and oxygen atoms in total. The number of carbonyl (C=O) groups is 5. The molecule has 13 heteroatoms. The van der Waals surface area contributed by atoms with E-state index < -0.39 is 60.2 Å². The van der Waals surface area contributed by atoms with E-state index in [4.69, 9.17) is 9.47 Å². The van der Waals surface area contributed by atoms with Crippen LogP contribution in [-0.2, 0) is 39.9 Å². The summed E-state index contributed by atoms with van der Waals surface area (Å²) in [6, 6.07) is 5.65. The van der Waals surface area contributed by atoms with E-state index in [9.17, 15) is 29.1 Å². The fourth-order valence-corrected chi connectivity index (χ4v) is 7.72. The summed E-state index contributed by atoms with van der Waals surface area (Å²) in [6.07, 6.45) is 0.748. The molecule has 0 unspecified atom stereocenters. The first-order valence-corrected chi connectivity index (χ1v) is 19.1. The van der Waals surface area contributed by atoms with Gasteiger partial charge in [0.2, 0.25) is 23.6 Å². The predicted octanol–water partition coefficient (Wildman–Crippen LogP) is 3.49. The fourth-order valence-electron chi connectivity index (χ4n) is 7.72. The highest BCUT2D eigenvalue weighted by Crippen LogP contribution is 2.33. The van der Waals surface area contributed by atoms with Gasteiger partial charge in [0, 0.05) is 33.7 Å². The maximum absolute atomic E-state index is 14.3. The molecule has 1 saturated heterocycles. The minimum absolute atomic E-state index is 0.0190. The van der Waals surface area contributed by atoms with Gasteiger partial charge in [-0.3, -0.25) is 19.2 Å². The third kappa shape index (κ3) is 12.0. The van der Waals surface area contributed by atoms with Crippen molar-refractivity contribution in [2.75, 3.05) is 28.3 Å². The van der Waals surface area contributed by atoms with Gasteiger partial charge < -0.3 is 40.3 Å². The molecule has 4 N–H and O–H groups in total. The Morgan fingerprint density at radius 3 is 2.00 bits per heavy atom. The Kier molecular flexibility index (Phi) is 18.4. The molecule has 300 valence electrons. The van der Waals surface area contributed by atoms with Crippen molar-refractivity contribution in [3.63, 3.8) is 0 Å². The van der Waals surface area contributed by atoms with Crippen LogP contribution in [0.2, 0.25) is 0 Å². The number of methoxy groups -OCH3 is 2. The van der Waals surface area contributed by atoms with Gasteiger partial charge in [-0.15, -0.1) is 0 Å². The van der Waals surface area contributed by atoms with Crippen LogP contribution in [0.3, 0.4) is 0 Å². The molecule has 53 heavy (non-hydrogen) atoms. The lowest BCUT2D eigenvalue weighted by Crippen LogP contribution is -2.59. The van der Waals surface area contributed by atoms with Gasteiger partial charge in [0.1, 0.15) is 12.1 Å². The second-order valence-electron chi connectivity index (χ2n) is 15.4. The quantitative estimate of drug-likeness (QED) is 0.147. The smallest absolute Gasteiger partial charge is 0.326 e. The monoisotopic (exact) mass is 745 g/mol. The molecular formula is C40H67N5O8. The minimum atomic E-state index is -1.14. The van der Waals surface area contributed by atoms with Gasteiger partial charge in [0.05, 0.1) is 42.7 Å². The number of likely N-dealkylation sites (N-methyl/N-ethyl adjacent to an activating group) is 2. The van der Waals surface area contributed by atoms with Crippen LogP contribution in [0.5, 0.6) is 0 Å². The van der Waals surface area contributed by atoms with Gasteiger partial charge >= 0.3 is 5.97 Å². The lowest BCUT2D eigenvalue weighted by molar-refractivity contribution is -0.149. The number of nitrogens with zero attached hydrogens (tertiary/aromatic N) is 2. The number of aliphatic carboxylic acids is 1. The minimum Gasteiger partial charge on any atom is -0.480 e. The van der Waals surface area contributed by atoms with Crippen LogP contribution in [0.1, 0.15) is 86.6 Å². The molecule has 1 aromatic carbocycles. The van der Waals surface area contributed by atoms with Gasteiger partial charge in [0.15, 0.2) is 0 Å². The zero-order valence-electron chi connectivity index (χ0n) is 34.0. The van der Waals surface area contributed by atoms with Gasteiger partial charge in [0.25, 0.3) is 0 Å². The summed E-state index contributed by atoms with van der Waals surface area (Å²) in [6.45, 7) is 15.4. The molecule has 0 aliphatic carbocycles. The summed E-state index contributed by atoms with van der Waals surface area (Å²) >= 11 is 0. The Balaban J connectivity index is 2.31. The SMILES string of the molecule is CC[C@H](C)[C@@H]([C@@H](CC(=O)N1[C@@H](C)CC[C@H]1[C@H](OC)[C@@H](C)C(=O)N[C@@H](Cc1ccccc1)C(=O)O)OC)N(C)C(=O)[C@@H](NC(=O)[C@@H](NC)C(C)C)C(C)C. The van der Waals surface area contributed by atoms with E-state index in [0.29, 0.717) is 19.3 Å². The van der Waals surface area contributed by atoms with E-state index in [2.05, 4.69) is 16.0 Å². The fraction of sp³-hybridized carbons (Fsp3) is 0.725. The van der Waals surface area contributed by atoms with Crippen molar-refractivity contribution in [1.29, 1.82) is 0 Å². The molecule has 1 aromatic rings. The molecule has 0 aromatic heterocycles. The summed E-state index contributed by atoms with van der Waals surface area (Å²) in [4.78, 5) is 70.8. The van der Waals surface area contributed by atoms with E-state index in [1.54, 1.807) is 30.8 Å². The van der Waals surface area contributed by atoms with Crippen molar-refractivity contribution in [3.05, 3.63) is 35.9 Å². The second kappa shape index (κ2) is 21.4. The normalized spacial score (nSPS) is 20.5. The van der Waals surface area contributed by atoms with Crippen LogP contribution in [0.4, 0.5) is 0 Å². The molecule has 1 heterocycles. The number of likely N-dealkylation sites (tertiary alicyclic amines) is 1.